The Hall–Kier alpha value is -0.650. The lowest BCUT2D eigenvalue weighted by Crippen LogP contribution is -2.54. The molecule has 1 N–H and O–H groups in total. The van der Waals surface area contributed by atoms with Gasteiger partial charge in [-0.1, -0.05) is 20.8 Å². The van der Waals surface area contributed by atoms with Crippen molar-refractivity contribution in [1.29, 1.82) is 0 Å². The van der Waals surface area contributed by atoms with E-state index < -0.39 is 11.7 Å². The summed E-state index contributed by atoms with van der Waals surface area (Å²) in [6.45, 7) is 13.6. The summed E-state index contributed by atoms with van der Waals surface area (Å²) < 4.78 is 18.0. The maximum Gasteiger partial charge on any atom is 0.303 e. The fraction of sp³-hybridized carbons (Fsp3) is 0.971. The highest BCUT2D eigenvalue weighted by Crippen LogP contribution is 2.68. The lowest BCUT2D eigenvalue weighted by Gasteiger charge is -2.61. The molecule has 4 aliphatic carbocycles. The van der Waals surface area contributed by atoms with E-state index in [0.29, 0.717) is 22.9 Å². The number of fused-ring (bicyclic) bond motifs is 5. The molecule has 5 rings (SSSR count). The first-order valence-corrected chi connectivity index (χ1v) is 16.6. The number of hydrogen-bond acceptors (Lipinski definition) is 5. The zero-order valence-electron chi connectivity index (χ0n) is 25.9. The van der Waals surface area contributed by atoms with Gasteiger partial charge in [0, 0.05) is 13.5 Å². The van der Waals surface area contributed by atoms with Crippen molar-refractivity contribution in [2.24, 2.45) is 46.3 Å². The third-order valence-electron chi connectivity index (χ3n) is 12.8. The van der Waals surface area contributed by atoms with Gasteiger partial charge in [0.1, 0.15) is 6.10 Å². The minimum atomic E-state index is -1.01. The third kappa shape index (κ3) is 5.98. The Morgan fingerprint density at radius 2 is 1.72 bits per heavy atom. The second-order valence-electron chi connectivity index (χ2n) is 15.5. The van der Waals surface area contributed by atoms with Crippen molar-refractivity contribution >= 4 is 5.97 Å². The molecule has 5 fully saturated rings. The minimum Gasteiger partial charge on any atom is -0.460 e. The summed E-state index contributed by atoms with van der Waals surface area (Å²) in [4.78, 5) is 11.7. The number of carbonyl (C=O) groups is 1. The van der Waals surface area contributed by atoms with Crippen molar-refractivity contribution in [2.75, 3.05) is 6.61 Å². The van der Waals surface area contributed by atoms with Gasteiger partial charge >= 0.3 is 5.97 Å². The highest BCUT2D eigenvalue weighted by Gasteiger charge is 2.60. The van der Waals surface area contributed by atoms with E-state index in [1.54, 1.807) is 13.8 Å². The van der Waals surface area contributed by atoms with Crippen molar-refractivity contribution in [3.63, 3.8) is 0 Å². The number of esters is 1. The molecule has 0 aromatic rings. The lowest BCUT2D eigenvalue weighted by atomic mass is 9.44. The van der Waals surface area contributed by atoms with Crippen molar-refractivity contribution in [1.82, 2.24) is 0 Å². The average molecular weight is 547 g/mol. The van der Waals surface area contributed by atoms with Crippen molar-refractivity contribution in [3.05, 3.63) is 0 Å². The van der Waals surface area contributed by atoms with Gasteiger partial charge in [0.15, 0.2) is 6.29 Å². The van der Waals surface area contributed by atoms with E-state index in [2.05, 4.69) is 20.8 Å². The summed E-state index contributed by atoms with van der Waals surface area (Å²) in [7, 11) is 0. The van der Waals surface area contributed by atoms with Crippen LogP contribution in [0.25, 0.3) is 0 Å². The van der Waals surface area contributed by atoms with Crippen LogP contribution < -0.4 is 0 Å². The quantitative estimate of drug-likeness (QED) is 0.250. The number of aliphatic hydroxyl groups is 1. The first-order valence-electron chi connectivity index (χ1n) is 16.6. The minimum absolute atomic E-state index is 0.0463. The van der Waals surface area contributed by atoms with Gasteiger partial charge in [0.25, 0.3) is 0 Å². The summed E-state index contributed by atoms with van der Waals surface area (Å²) in [5, 5.41) is 10.6. The van der Waals surface area contributed by atoms with Gasteiger partial charge in [-0.3, -0.25) is 4.79 Å². The molecule has 0 aromatic heterocycles. The summed E-state index contributed by atoms with van der Waals surface area (Å²) in [6, 6.07) is 0. The normalized spacial score (nSPS) is 44.0. The monoisotopic (exact) mass is 546 g/mol. The first kappa shape index (κ1) is 29.8. The Balaban J connectivity index is 1.20. The molecule has 224 valence electrons. The highest BCUT2D eigenvalue weighted by atomic mass is 16.7. The van der Waals surface area contributed by atoms with Crippen LogP contribution >= 0.6 is 0 Å². The van der Waals surface area contributed by atoms with Crippen LogP contribution in [0.1, 0.15) is 131 Å². The van der Waals surface area contributed by atoms with Crippen molar-refractivity contribution in [2.45, 2.75) is 156 Å². The van der Waals surface area contributed by atoms with Crippen LogP contribution in [0.2, 0.25) is 0 Å². The molecular formula is C34H58O5. The predicted octanol–water partition coefficient (Wildman–Crippen LogP) is 7.68. The second-order valence-corrected chi connectivity index (χ2v) is 15.5. The molecule has 1 aliphatic heterocycles. The van der Waals surface area contributed by atoms with Gasteiger partial charge in [-0.15, -0.1) is 0 Å². The third-order valence-corrected chi connectivity index (χ3v) is 12.8. The van der Waals surface area contributed by atoms with Crippen LogP contribution in [0.4, 0.5) is 0 Å². The predicted molar refractivity (Wildman–Crippen MR) is 154 cm³/mol. The largest absolute Gasteiger partial charge is 0.460 e. The molecule has 5 nitrogen and oxygen atoms in total. The molecule has 0 radical (unpaired) electrons. The molecule has 4 saturated carbocycles. The van der Waals surface area contributed by atoms with Gasteiger partial charge in [-0.05, 0) is 150 Å². The molecule has 1 saturated heterocycles. The van der Waals surface area contributed by atoms with E-state index in [4.69, 9.17) is 14.2 Å². The van der Waals surface area contributed by atoms with E-state index in [0.717, 1.165) is 55.5 Å². The van der Waals surface area contributed by atoms with E-state index in [9.17, 15) is 9.90 Å². The summed E-state index contributed by atoms with van der Waals surface area (Å²) in [5.41, 5.74) is -0.105. The lowest BCUT2D eigenvalue weighted by molar-refractivity contribution is -0.212. The topological polar surface area (TPSA) is 65.0 Å². The molecule has 1 heterocycles. The Labute approximate surface area is 238 Å². The Bertz CT molecular complexity index is 845. The standard InChI is InChI=1S/C34H58O5/c1-22(10-15-30(32(3,4)36)38-23(2)35)27-13-14-28-26-12-11-24-21-25(39-31-9-7-8-20-37-31)16-18-33(24,5)29(26)17-19-34(27,28)6/h22,24-31,36H,7-21H2,1-6H3/t22-,24-,25-,26+,27-,28+,29+,30+,31?,33+,34-/m1/s1. The van der Waals surface area contributed by atoms with E-state index in [1.807, 2.05) is 0 Å². The van der Waals surface area contributed by atoms with Crippen LogP contribution in [-0.2, 0) is 19.0 Å². The SMILES string of the molecule is CC(=O)O[C@@H](CC[C@@H](C)[C@H]1CC[C@H]2[C@@H]3CC[C@@H]4C[C@H](OC5CCCCO5)CC[C@]4(C)[C@H]3CC[C@]12C)C(C)(C)O. The molecule has 0 aromatic carbocycles. The van der Waals surface area contributed by atoms with Crippen LogP contribution in [0.15, 0.2) is 0 Å². The fourth-order valence-electron chi connectivity index (χ4n) is 10.7. The zero-order valence-corrected chi connectivity index (χ0v) is 25.9. The maximum absolute atomic E-state index is 11.7. The van der Waals surface area contributed by atoms with Gasteiger partial charge in [-0.2, -0.15) is 0 Å². The summed E-state index contributed by atoms with van der Waals surface area (Å²) in [6.07, 6.45) is 17.3. The Kier molecular flexibility index (Phi) is 8.84. The Morgan fingerprint density at radius 1 is 0.974 bits per heavy atom. The highest BCUT2D eigenvalue weighted by molar-refractivity contribution is 5.66. The summed E-state index contributed by atoms with van der Waals surface area (Å²) >= 11 is 0. The van der Waals surface area contributed by atoms with E-state index in [-0.39, 0.29) is 12.3 Å². The van der Waals surface area contributed by atoms with Crippen LogP contribution in [0, 0.1) is 46.3 Å². The Morgan fingerprint density at radius 3 is 2.41 bits per heavy atom. The number of hydrogen-bond donors (Lipinski definition) is 1. The van der Waals surface area contributed by atoms with E-state index in [1.165, 1.54) is 77.6 Å². The number of rotatable bonds is 8. The molecule has 1 unspecified atom stereocenters. The van der Waals surface area contributed by atoms with Crippen LogP contribution in [0.5, 0.6) is 0 Å². The molecule has 0 amide bonds. The summed E-state index contributed by atoms with van der Waals surface area (Å²) in [5.74, 6) is 4.43. The van der Waals surface area contributed by atoms with Crippen molar-refractivity contribution in [3.8, 4) is 0 Å². The van der Waals surface area contributed by atoms with Crippen molar-refractivity contribution < 1.29 is 24.1 Å². The molecule has 0 spiro atoms. The average Bonchev–Trinajstić information content (AvgIpc) is 3.23. The molecule has 5 aliphatic rings. The number of carbonyl (C=O) groups excluding carboxylic acids is 1. The zero-order chi connectivity index (χ0) is 28.0. The first-order chi connectivity index (χ1) is 18.4. The molecular weight excluding hydrogens is 488 g/mol. The molecule has 5 heteroatoms. The van der Waals surface area contributed by atoms with Gasteiger partial charge in [-0.25, -0.2) is 0 Å². The number of ether oxygens (including phenoxy) is 3. The van der Waals surface area contributed by atoms with Crippen LogP contribution in [0.3, 0.4) is 0 Å². The van der Waals surface area contributed by atoms with Gasteiger partial charge in [0.2, 0.25) is 0 Å². The van der Waals surface area contributed by atoms with E-state index >= 15 is 0 Å². The fourth-order valence-corrected chi connectivity index (χ4v) is 10.7. The maximum atomic E-state index is 11.7. The molecule has 39 heavy (non-hydrogen) atoms. The molecule has 0 bridgehead atoms. The molecule has 11 atom stereocenters. The van der Waals surface area contributed by atoms with Gasteiger partial charge < -0.3 is 19.3 Å². The smallest absolute Gasteiger partial charge is 0.303 e. The second kappa shape index (κ2) is 11.6. The van der Waals surface area contributed by atoms with Crippen LogP contribution in [-0.4, -0.2) is 41.8 Å². The van der Waals surface area contributed by atoms with Gasteiger partial charge in [0.05, 0.1) is 11.7 Å².